The molecule has 4 aromatic rings. The third-order valence-electron chi connectivity index (χ3n) is 4.81. The van der Waals surface area contributed by atoms with Gasteiger partial charge in [0.1, 0.15) is 11.5 Å². The van der Waals surface area contributed by atoms with E-state index in [0.717, 1.165) is 5.56 Å². The highest BCUT2D eigenvalue weighted by molar-refractivity contribution is 7.14. The lowest BCUT2D eigenvalue weighted by Gasteiger charge is -2.08. The molecular weight excluding hydrogens is 468 g/mol. The Kier molecular flexibility index (Phi) is 7.59. The van der Waals surface area contributed by atoms with Gasteiger partial charge in [-0.2, -0.15) is 0 Å². The van der Waals surface area contributed by atoms with Crippen LogP contribution in [0.1, 0.15) is 10.4 Å². The Hall–Kier alpha value is -4.37. The van der Waals surface area contributed by atoms with Gasteiger partial charge in [-0.25, -0.2) is 9.78 Å². The van der Waals surface area contributed by atoms with Crippen molar-refractivity contribution in [1.82, 2.24) is 4.98 Å². The molecular formula is C26H22N2O6S. The van der Waals surface area contributed by atoms with Gasteiger partial charge in [-0.15, -0.1) is 11.3 Å². The fourth-order valence-corrected chi connectivity index (χ4v) is 3.88. The predicted molar refractivity (Wildman–Crippen MR) is 133 cm³/mol. The molecule has 35 heavy (non-hydrogen) atoms. The molecule has 3 aromatic carbocycles. The number of hydrogen-bond donors (Lipinski definition) is 1. The summed E-state index contributed by atoms with van der Waals surface area (Å²) in [4.78, 5) is 29.1. The van der Waals surface area contributed by atoms with Crippen molar-refractivity contribution in [3.63, 3.8) is 0 Å². The van der Waals surface area contributed by atoms with Gasteiger partial charge >= 0.3 is 5.97 Å². The minimum absolute atomic E-state index is 0.274. The smallest absolute Gasteiger partial charge is 0.338 e. The van der Waals surface area contributed by atoms with Gasteiger partial charge in [0.2, 0.25) is 0 Å². The molecule has 0 saturated heterocycles. The minimum Gasteiger partial charge on any atom is -0.493 e. The van der Waals surface area contributed by atoms with Crippen LogP contribution in [0.3, 0.4) is 0 Å². The van der Waals surface area contributed by atoms with Crippen molar-refractivity contribution < 1.29 is 28.5 Å². The second-order valence-corrected chi connectivity index (χ2v) is 8.03. The zero-order chi connectivity index (χ0) is 24.6. The van der Waals surface area contributed by atoms with Gasteiger partial charge in [0.25, 0.3) is 5.91 Å². The molecule has 178 valence electrons. The number of thiazole rings is 1. The van der Waals surface area contributed by atoms with Crippen molar-refractivity contribution in [3.8, 4) is 34.3 Å². The molecule has 0 radical (unpaired) electrons. The second kappa shape index (κ2) is 11.2. The molecule has 1 amide bonds. The lowest BCUT2D eigenvalue weighted by molar-refractivity contribution is -0.119. The van der Waals surface area contributed by atoms with Gasteiger partial charge in [0.05, 0.1) is 25.5 Å². The number of anilines is 1. The molecule has 0 atom stereocenters. The van der Waals surface area contributed by atoms with Gasteiger partial charge < -0.3 is 18.9 Å². The SMILES string of the molecule is COc1ccc(-c2csc(NC(=O)COC(=O)c3cccc(Oc4ccccc4)c3)n2)cc1OC. The van der Waals surface area contributed by atoms with Crippen LogP contribution in [0.25, 0.3) is 11.3 Å². The normalized spacial score (nSPS) is 10.3. The van der Waals surface area contributed by atoms with Gasteiger partial charge in [-0.05, 0) is 48.5 Å². The lowest BCUT2D eigenvalue weighted by atomic mass is 10.1. The van der Waals surface area contributed by atoms with E-state index >= 15 is 0 Å². The zero-order valence-electron chi connectivity index (χ0n) is 19.0. The Balaban J connectivity index is 1.32. The van der Waals surface area contributed by atoms with E-state index in [1.807, 2.05) is 36.4 Å². The van der Waals surface area contributed by atoms with Gasteiger partial charge in [0.15, 0.2) is 23.2 Å². The summed E-state index contributed by atoms with van der Waals surface area (Å²) in [6, 6.07) is 21.2. The maximum absolute atomic E-state index is 12.4. The number of nitrogens with zero attached hydrogens (tertiary/aromatic N) is 1. The Bertz CT molecular complexity index is 1320. The van der Waals surface area contributed by atoms with E-state index in [0.29, 0.717) is 33.8 Å². The number of hydrogen-bond acceptors (Lipinski definition) is 8. The van der Waals surface area contributed by atoms with Crippen LogP contribution in [0.5, 0.6) is 23.0 Å². The standard InChI is InChI=1S/C26H22N2O6S/c1-31-22-12-11-17(14-23(22)32-2)21-16-35-26(27-21)28-24(29)15-33-25(30)18-7-6-10-20(13-18)34-19-8-4-3-5-9-19/h3-14,16H,15H2,1-2H3,(H,27,28,29). The Morgan fingerprint density at radius 2 is 1.66 bits per heavy atom. The topological polar surface area (TPSA) is 96.0 Å². The highest BCUT2D eigenvalue weighted by Crippen LogP contribution is 2.33. The van der Waals surface area contributed by atoms with Crippen molar-refractivity contribution in [3.05, 3.63) is 83.7 Å². The van der Waals surface area contributed by atoms with E-state index in [-0.39, 0.29) is 5.56 Å². The molecule has 0 aliphatic heterocycles. The van der Waals surface area contributed by atoms with Crippen molar-refractivity contribution in [2.45, 2.75) is 0 Å². The summed E-state index contributed by atoms with van der Waals surface area (Å²) in [5, 5.41) is 4.83. The van der Waals surface area contributed by atoms with Crippen molar-refractivity contribution in [2.24, 2.45) is 0 Å². The number of para-hydroxylation sites is 1. The summed E-state index contributed by atoms with van der Waals surface area (Å²) in [6.07, 6.45) is 0. The van der Waals surface area contributed by atoms with Gasteiger partial charge in [-0.3, -0.25) is 10.1 Å². The Morgan fingerprint density at radius 3 is 2.43 bits per heavy atom. The molecule has 0 saturated carbocycles. The first-order valence-corrected chi connectivity index (χ1v) is 11.4. The summed E-state index contributed by atoms with van der Waals surface area (Å²) < 4.78 is 21.5. The molecule has 0 fully saturated rings. The number of ether oxygens (including phenoxy) is 4. The number of nitrogens with one attached hydrogen (secondary N) is 1. The van der Waals surface area contributed by atoms with Crippen LogP contribution in [0.2, 0.25) is 0 Å². The number of esters is 1. The van der Waals surface area contributed by atoms with E-state index in [4.69, 9.17) is 18.9 Å². The highest BCUT2D eigenvalue weighted by atomic mass is 32.1. The number of benzene rings is 3. The van der Waals surface area contributed by atoms with E-state index in [1.165, 1.54) is 11.3 Å². The van der Waals surface area contributed by atoms with E-state index in [2.05, 4.69) is 10.3 Å². The molecule has 9 heteroatoms. The summed E-state index contributed by atoms with van der Waals surface area (Å²) in [5.41, 5.74) is 1.75. The Morgan fingerprint density at radius 1 is 0.886 bits per heavy atom. The number of aromatic nitrogens is 1. The number of carbonyl (C=O) groups is 2. The molecule has 0 bridgehead atoms. The lowest BCUT2D eigenvalue weighted by Crippen LogP contribution is -2.20. The highest BCUT2D eigenvalue weighted by Gasteiger charge is 2.14. The average molecular weight is 491 g/mol. The molecule has 1 N–H and O–H groups in total. The van der Waals surface area contributed by atoms with Crippen molar-refractivity contribution in [2.75, 3.05) is 26.1 Å². The van der Waals surface area contributed by atoms with Crippen molar-refractivity contribution in [1.29, 1.82) is 0 Å². The Labute approximate surface area is 206 Å². The average Bonchev–Trinajstić information content (AvgIpc) is 3.36. The minimum atomic E-state index is -0.635. The summed E-state index contributed by atoms with van der Waals surface area (Å²) in [6.45, 7) is -0.451. The molecule has 0 spiro atoms. The first-order chi connectivity index (χ1) is 17.1. The molecule has 4 rings (SSSR count). The van der Waals surface area contributed by atoms with E-state index in [9.17, 15) is 9.59 Å². The van der Waals surface area contributed by atoms with E-state index < -0.39 is 18.5 Å². The number of carbonyl (C=O) groups excluding carboxylic acids is 2. The van der Waals surface area contributed by atoms with Crippen molar-refractivity contribution >= 4 is 28.3 Å². The third-order valence-corrected chi connectivity index (χ3v) is 5.57. The predicted octanol–water partition coefficient (Wildman–Crippen LogP) is 5.42. The maximum Gasteiger partial charge on any atom is 0.338 e. The van der Waals surface area contributed by atoms with Crippen LogP contribution in [-0.2, 0) is 9.53 Å². The molecule has 8 nitrogen and oxygen atoms in total. The van der Waals surface area contributed by atoms with Crippen LogP contribution in [0.15, 0.2) is 78.2 Å². The van der Waals surface area contributed by atoms with Crippen LogP contribution in [-0.4, -0.2) is 37.7 Å². The second-order valence-electron chi connectivity index (χ2n) is 7.17. The summed E-state index contributed by atoms with van der Waals surface area (Å²) >= 11 is 1.26. The monoisotopic (exact) mass is 490 g/mol. The largest absolute Gasteiger partial charge is 0.493 e. The zero-order valence-corrected chi connectivity index (χ0v) is 19.8. The molecule has 0 aliphatic carbocycles. The first-order valence-electron chi connectivity index (χ1n) is 10.5. The number of methoxy groups -OCH3 is 2. The molecule has 1 aromatic heterocycles. The van der Waals surface area contributed by atoms with Crippen LogP contribution in [0, 0.1) is 0 Å². The molecule has 0 unspecified atom stereocenters. The summed E-state index contributed by atoms with van der Waals surface area (Å²) in [7, 11) is 3.12. The first kappa shape index (κ1) is 23.8. The maximum atomic E-state index is 12.4. The fraction of sp³-hybridized carbons (Fsp3) is 0.115. The quantitative estimate of drug-likeness (QED) is 0.313. The third kappa shape index (κ3) is 6.15. The fourth-order valence-electron chi connectivity index (χ4n) is 3.14. The van der Waals surface area contributed by atoms with Crippen LogP contribution in [0.4, 0.5) is 5.13 Å². The molecule has 0 aliphatic rings. The van der Waals surface area contributed by atoms with Gasteiger partial charge in [0, 0.05) is 10.9 Å². The van der Waals surface area contributed by atoms with Crippen LogP contribution >= 0.6 is 11.3 Å². The molecule has 1 heterocycles. The van der Waals surface area contributed by atoms with E-state index in [1.54, 1.807) is 56.0 Å². The van der Waals surface area contributed by atoms with Gasteiger partial charge in [-0.1, -0.05) is 24.3 Å². The summed E-state index contributed by atoms with van der Waals surface area (Å²) in [5.74, 6) is 1.19. The number of rotatable bonds is 9. The van der Waals surface area contributed by atoms with Crippen LogP contribution < -0.4 is 19.5 Å². The number of amides is 1.